The van der Waals surface area contributed by atoms with Crippen molar-refractivity contribution in [2.24, 2.45) is 5.92 Å². The average Bonchev–Trinajstić information content (AvgIpc) is 2.88. The third-order valence-corrected chi connectivity index (χ3v) is 5.56. The summed E-state index contributed by atoms with van der Waals surface area (Å²) in [5, 5.41) is 12.4. The van der Waals surface area contributed by atoms with Crippen molar-refractivity contribution in [3.8, 4) is 0 Å². The molecular weight excluding hydrogens is 322 g/mol. The molecule has 2 heterocycles. The van der Waals surface area contributed by atoms with Crippen LogP contribution < -0.4 is 5.32 Å². The maximum absolute atomic E-state index is 12.9. The van der Waals surface area contributed by atoms with E-state index in [1.807, 2.05) is 42.7 Å². The average molecular weight is 347 g/mol. The van der Waals surface area contributed by atoms with Crippen molar-refractivity contribution >= 4 is 17.7 Å². The van der Waals surface area contributed by atoms with E-state index in [-0.39, 0.29) is 30.2 Å². The van der Waals surface area contributed by atoms with Gasteiger partial charge in [-0.2, -0.15) is 0 Å². The van der Waals surface area contributed by atoms with Crippen molar-refractivity contribution < 1.29 is 19.5 Å². The van der Waals surface area contributed by atoms with Crippen LogP contribution in [0.1, 0.15) is 36.9 Å². The molecule has 0 aromatic carbocycles. The van der Waals surface area contributed by atoms with E-state index < -0.39 is 17.8 Å². The van der Waals surface area contributed by atoms with Crippen LogP contribution in [0.15, 0.2) is 12.3 Å². The minimum atomic E-state index is -0.948. The zero-order valence-corrected chi connectivity index (χ0v) is 14.9. The summed E-state index contributed by atoms with van der Waals surface area (Å²) in [5.41, 5.74) is 1.98. The van der Waals surface area contributed by atoms with Gasteiger partial charge in [-0.3, -0.25) is 19.3 Å². The lowest BCUT2D eigenvalue weighted by Crippen LogP contribution is -2.50. The molecule has 0 radical (unpaired) electrons. The quantitative estimate of drug-likeness (QED) is 0.833. The normalized spacial score (nSPS) is 26.7. The van der Waals surface area contributed by atoms with Crippen LogP contribution in [0.4, 0.5) is 0 Å². The number of carbonyl (C=O) groups is 3. The molecule has 1 aliphatic heterocycles. The first-order valence-corrected chi connectivity index (χ1v) is 8.69. The van der Waals surface area contributed by atoms with Crippen molar-refractivity contribution in [3.05, 3.63) is 23.5 Å². The Labute approximate surface area is 147 Å². The van der Waals surface area contributed by atoms with Gasteiger partial charge in [-0.25, -0.2) is 0 Å². The number of hydrogen-bond acceptors (Lipinski definition) is 4. The van der Waals surface area contributed by atoms with E-state index in [0.717, 1.165) is 17.7 Å². The van der Waals surface area contributed by atoms with Crippen molar-refractivity contribution in [1.29, 1.82) is 0 Å². The Kier molecular flexibility index (Phi) is 4.69. The fourth-order valence-corrected chi connectivity index (χ4v) is 3.85. The standard InChI is InChI=1S/C18H25N3O4/c1-10(20(2)3)17(23)19-13-5-4-11-6-7-21-9-12(18(24)25)8-14(22)15(13)16(11)21/h6-7,10,12-13,15H,4-5,8-9H2,1-3H3,(H,19,23)(H,24,25). The van der Waals surface area contributed by atoms with Crippen LogP contribution in [-0.2, 0) is 27.3 Å². The fourth-order valence-electron chi connectivity index (χ4n) is 3.85. The van der Waals surface area contributed by atoms with Crippen LogP contribution in [0.3, 0.4) is 0 Å². The summed E-state index contributed by atoms with van der Waals surface area (Å²) in [7, 11) is 3.67. The largest absolute Gasteiger partial charge is 0.481 e. The molecule has 1 amide bonds. The van der Waals surface area contributed by atoms with Gasteiger partial charge in [0.05, 0.1) is 17.9 Å². The van der Waals surface area contributed by atoms with E-state index in [2.05, 4.69) is 5.32 Å². The van der Waals surface area contributed by atoms with Crippen LogP contribution >= 0.6 is 0 Å². The molecule has 3 rings (SSSR count). The number of nitrogens with one attached hydrogen (secondary N) is 1. The summed E-state index contributed by atoms with van der Waals surface area (Å²) in [4.78, 5) is 38.6. The topological polar surface area (TPSA) is 91.6 Å². The number of amides is 1. The van der Waals surface area contributed by atoms with Gasteiger partial charge in [0, 0.05) is 30.9 Å². The summed E-state index contributed by atoms with van der Waals surface area (Å²) in [6, 6.07) is 1.40. The predicted molar refractivity (Wildman–Crippen MR) is 91.3 cm³/mol. The second kappa shape index (κ2) is 6.63. The number of hydrogen-bond donors (Lipinski definition) is 2. The zero-order valence-electron chi connectivity index (χ0n) is 14.9. The van der Waals surface area contributed by atoms with Crippen LogP contribution in [0, 0.1) is 5.92 Å². The Morgan fingerprint density at radius 2 is 2.12 bits per heavy atom. The minimum Gasteiger partial charge on any atom is -0.481 e. The van der Waals surface area contributed by atoms with Crippen molar-refractivity contribution in [2.75, 3.05) is 14.1 Å². The summed E-state index contributed by atoms with van der Waals surface area (Å²) in [5.74, 6) is -2.32. The molecule has 0 saturated carbocycles. The second-order valence-corrected chi connectivity index (χ2v) is 7.36. The van der Waals surface area contributed by atoms with E-state index >= 15 is 0 Å². The number of aryl methyl sites for hydroxylation is 1. The number of ketones is 1. The molecule has 136 valence electrons. The van der Waals surface area contributed by atoms with Crippen LogP contribution in [0.2, 0.25) is 0 Å². The van der Waals surface area contributed by atoms with Gasteiger partial charge in [-0.15, -0.1) is 0 Å². The molecule has 2 N–H and O–H groups in total. The van der Waals surface area contributed by atoms with Crippen molar-refractivity contribution in [3.63, 3.8) is 0 Å². The van der Waals surface area contributed by atoms with E-state index in [1.165, 1.54) is 0 Å². The summed E-state index contributed by atoms with van der Waals surface area (Å²) < 4.78 is 1.90. The highest BCUT2D eigenvalue weighted by Gasteiger charge is 2.42. The Morgan fingerprint density at radius 3 is 2.76 bits per heavy atom. The van der Waals surface area contributed by atoms with Gasteiger partial charge < -0.3 is 15.0 Å². The van der Waals surface area contributed by atoms with Crippen LogP contribution in [0.5, 0.6) is 0 Å². The fraction of sp³-hybridized carbons (Fsp3) is 0.611. The van der Waals surface area contributed by atoms with Gasteiger partial charge >= 0.3 is 5.97 Å². The highest BCUT2D eigenvalue weighted by molar-refractivity contribution is 5.91. The number of likely N-dealkylation sites (N-methyl/N-ethyl adjacent to an activating group) is 1. The molecule has 0 bridgehead atoms. The Hall–Kier alpha value is -2.15. The van der Waals surface area contributed by atoms with Crippen LogP contribution in [0.25, 0.3) is 0 Å². The molecule has 4 unspecified atom stereocenters. The summed E-state index contributed by atoms with van der Waals surface area (Å²) in [6.45, 7) is 2.13. The molecule has 7 nitrogen and oxygen atoms in total. The molecule has 2 aliphatic rings. The maximum Gasteiger partial charge on any atom is 0.308 e. The number of carboxylic acids is 1. The number of carbonyl (C=O) groups excluding carboxylic acids is 2. The third kappa shape index (κ3) is 3.20. The van der Waals surface area contributed by atoms with Crippen molar-refractivity contribution in [2.45, 2.75) is 50.7 Å². The smallest absolute Gasteiger partial charge is 0.308 e. The summed E-state index contributed by atoms with van der Waals surface area (Å²) >= 11 is 0. The number of aliphatic carboxylic acids is 1. The first-order valence-electron chi connectivity index (χ1n) is 8.69. The first kappa shape index (κ1) is 17.7. The van der Waals surface area contributed by atoms with Crippen LogP contribution in [-0.4, -0.2) is 58.4 Å². The Bertz CT molecular complexity index is 709. The first-order chi connectivity index (χ1) is 11.8. The predicted octanol–water partition coefficient (Wildman–Crippen LogP) is 0.626. The van der Waals surface area contributed by atoms with E-state index in [0.29, 0.717) is 13.0 Å². The number of aromatic nitrogens is 1. The number of nitrogens with zero attached hydrogens (tertiary/aromatic N) is 2. The van der Waals surface area contributed by atoms with E-state index in [1.54, 1.807) is 0 Å². The lowest BCUT2D eigenvalue weighted by molar-refractivity contribution is -0.144. The molecule has 25 heavy (non-hydrogen) atoms. The minimum absolute atomic E-state index is 0.0106. The Morgan fingerprint density at radius 1 is 1.40 bits per heavy atom. The SMILES string of the molecule is CC(C(=O)NC1CCc2ccn3c2C1C(=O)CC(C(=O)O)C3)N(C)C. The van der Waals surface area contributed by atoms with Crippen molar-refractivity contribution in [1.82, 2.24) is 14.8 Å². The summed E-state index contributed by atoms with van der Waals surface area (Å²) in [6.07, 6.45) is 3.36. The highest BCUT2D eigenvalue weighted by Crippen LogP contribution is 2.38. The lowest BCUT2D eigenvalue weighted by Gasteiger charge is -2.33. The highest BCUT2D eigenvalue weighted by atomic mass is 16.4. The van der Waals surface area contributed by atoms with Gasteiger partial charge in [0.1, 0.15) is 5.78 Å². The van der Waals surface area contributed by atoms with Gasteiger partial charge in [-0.05, 0) is 45.5 Å². The zero-order chi connectivity index (χ0) is 18.3. The second-order valence-electron chi connectivity index (χ2n) is 7.36. The number of carboxylic acid groups (broad SMARTS) is 1. The lowest BCUT2D eigenvalue weighted by atomic mass is 9.79. The molecule has 0 fully saturated rings. The van der Waals surface area contributed by atoms with Gasteiger partial charge in [0.25, 0.3) is 0 Å². The van der Waals surface area contributed by atoms with E-state index in [4.69, 9.17) is 0 Å². The van der Waals surface area contributed by atoms with E-state index in [9.17, 15) is 19.5 Å². The number of Topliss-reactive ketones (excluding diaryl/α,β-unsaturated/α-hetero) is 1. The maximum atomic E-state index is 12.9. The molecule has 4 atom stereocenters. The molecule has 0 spiro atoms. The molecule has 7 heteroatoms. The third-order valence-electron chi connectivity index (χ3n) is 5.56. The van der Waals surface area contributed by atoms with Gasteiger partial charge in [-0.1, -0.05) is 0 Å². The molecule has 1 aromatic heterocycles. The number of rotatable bonds is 4. The van der Waals surface area contributed by atoms with Gasteiger partial charge in [0.2, 0.25) is 5.91 Å². The van der Waals surface area contributed by atoms with Gasteiger partial charge in [0.15, 0.2) is 0 Å². The molecular formula is C18H25N3O4. The molecule has 0 saturated heterocycles. The monoisotopic (exact) mass is 347 g/mol. The molecule has 1 aliphatic carbocycles. The molecule has 1 aromatic rings. The Balaban J connectivity index is 1.90.